The summed E-state index contributed by atoms with van der Waals surface area (Å²) in [4.78, 5) is 21.5. The van der Waals surface area contributed by atoms with Crippen LogP contribution in [0.2, 0.25) is 19.6 Å². The van der Waals surface area contributed by atoms with Gasteiger partial charge in [-0.25, -0.2) is 0 Å². The molecule has 21 heavy (non-hydrogen) atoms. The summed E-state index contributed by atoms with van der Waals surface area (Å²) in [5.41, 5.74) is 0.893. The van der Waals surface area contributed by atoms with Crippen LogP contribution in [0.3, 0.4) is 0 Å². The van der Waals surface area contributed by atoms with E-state index in [2.05, 4.69) is 32.3 Å². The monoisotopic (exact) mass is 312 g/mol. The molecular formula is C16H28O4Si. The lowest BCUT2D eigenvalue weighted by Crippen LogP contribution is -2.26. The van der Waals surface area contributed by atoms with Crippen molar-refractivity contribution in [3.8, 4) is 0 Å². The van der Waals surface area contributed by atoms with Gasteiger partial charge in [0.25, 0.3) is 0 Å². The van der Waals surface area contributed by atoms with Crippen LogP contribution in [0, 0.1) is 0 Å². The van der Waals surface area contributed by atoms with Crippen LogP contribution in [-0.2, 0) is 19.1 Å². The summed E-state index contributed by atoms with van der Waals surface area (Å²) in [6.45, 7) is 14.3. The topological polar surface area (TPSA) is 52.6 Å². The molecule has 0 atom stereocenters. The van der Waals surface area contributed by atoms with Crippen LogP contribution < -0.4 is 0 Å². The van der Waals surface area contributed by atoms with Crippen LogP contribution in [0.1, 0.15) is 33.1 Å². The van der Waals surface area contributed by atoms with Crippen LogP contribution in [-0.4, -0.2) is 33.2 Å². The zero-order chi connectivity index (χ0) is 16.5. The smallest absolute Gasteiger partial charge is 0.302 e. The maximum absolute atomic E-state index is 10.9. The molecule has 0 radical (unpaired) electrons. The number of hydrogen-bond acceptors (Lipinski definition) is 4. The first kappa shape index (κ1) is 19.6. The highest BCUT2D eigenvalue weighted by molar-refractivity contribution is 6.84. The van der Waals surface area contributed by atoms with E-state index in [1.54, 1.807) is 0 Å². The van der Waals surface area contributed by atoms with Crippen LogP contribution in [0.4, 0.5) is 0 Å². The van der Waals surface area contributed by atoms with Gasteiger partial charge in [0.2, 0.25) is 0 Å². The first-order chi connectivity index (χ1) is 9.64. The fourth-order valence-electron chi connectivity index (χ4n) is 1.96. The van der Waals surface area contributed by atoms with Crippen molar-refractivity contribution in [3.05, 3.63) is 23.4 Å². The first-order valence-electron chi connectivity index (χ1n) is 7.30. The molecule has 0 fully saturated rings. The van der Waals surface area contributed by atoms with Crippen LogP contribution >= 0.6 is 0 Å². The maximum Gasteiger partial charge on any atom is 0.302 e. The van der Waals surface area contributed by atoms with Gasteiger partial charge in [0.1, 0.15) is 6.61 Å². The Hall–Kier alpha value is -1.36. The minimum atomic E-state index is -1.52. The molecule has 0 aliphatic heterocycles. The lowest BCUT2D eigenvalue weighted by atomic mass is 10.2. The van der Waals surface area contributed by atoms with Crippen molar-refractivity contribution in [2.24, 2.45) is 0 Å². The molecule has 0 unspecified atom stereocenters. The highest BCUT2D eigenvalue weighted by Gasteiger charge is 2.21. The molecule has 5 heteroatoms. The van der Waals surface area contributed by atoms with E-state index in [0.29, 0.717) is 6.61 Å². The van der Waals surface area contributed by atoms with Crippen LogP contribution in [0.25, 0.3) is 0 Å². The van der Waals surface area contributed by atoms with Crippen molar-refractivity contribution < 1.29 is 19.1 Å². The van der Waals surface area contributed by atoms with Crippen molar-refractivity contribution in [1.82, 2.24) is 0 Å². The van der Waals surface area contributed by atoms with Gasteiger partial charge in [0.05, 0.1) is 14.7 Å². The van der Waals surface area contributed by atoms with Crippen LogP contribution in [0.5, 0.6) is 0 Å². The van der Waals surface area contributed by atoms with E-state index in [1.165, 1.54) is 19.0 Å². The van der Waals surface area contributed by atoms with Gasteiger partial charge in [-0.3, -0.25) is 9.59 Å². The summed E-state index contributed by atoms with van der Waals surface area (Å²) in [6.07, 6.45) is 4.93. The van der Waals surface area contributed by atoms with Gasteiger partial charge >= 0.3 is 11.9 Å². The molecule has 0 aromatic heterocycles. The number of esters is 2. The minimum Gasteiger partial charge on any atom is -0.466 e. The summed E-state index contributed by atoms with van der Waals surface area (Å²) in [5.74, 6) is -0.518. The molecule has 0 saturated carbocycles. The summed E-state index contributed by atoms with van der Waals surface area (Å²) in [6, 6.07) is 0. The first-order valence-corrected chi connectivity index (χ1v) is 10.8. The summed E-state index contributed by atoms with van der Waals surface area (Å²) >= 11 is 0. The number of unbranched alkanes of at least 4 members (excludes halogenated alkanes) is 2. The summed E-state index contributed by atoms with van der Waals surface area (Å²) in [7, 11) is -1.52. The second kappa shape index (κ2) is 9.55. The molecule has 0 heterocycles. The standard InChI is InChI=1S/C16H28O4Si/c1-13(12-20-15(3)18)16(21(4,5)6)10-8-7-9-11-19-14(2)17/h10H,1,7-9,11-12H2,2-6H3/b16-10-. The Labute approximate surface area is 129 Å². The number of hydrogen-bond donors (Lipinski definition) is 0. The average Bonchev–Trinajstić information content (AvgIpc) is 2.33. The number of rotatable bonds is 9. The van der Waals surface area contributed by atoms with Crippen molar-refractivity contribution >= 4 is 20.0 Å². The molecule has 0 spiro atoms. The number of carbonyl (C=O) groups is 2. The van der Waals surface area contributed by atoms with E-state index in [1.807, 2.05) is 0 Å². The Morgan fingerprint density at radius 2 is 1.62 bits per heavy atom. The molecule has 0 N–H and O–H groups in total. The molecule has 0 aliphatic rings. The zero-order valence-corrected chi connectivity index (χ0v) is 15.0. The predicted molar refractivity (Wildman–Crippen MR) is 87.7 cm³/mol. The molecule has 0 aromatic rings. The van der Waals surface area contributed by atoms with E-state index in [-0.39, 0.29) is 18.5 Å². The van der Waals surface area contributed by atoms with Crippen molar-refractivity contribution in [3.63, 3.8) is 0 Å². The lowest BCUT2D eigenvalue weighted by Gasteiger charge is -2.23. The molecule has 120 valence electrons. The van der Waals surface area contributed by atoms with E-state index in [4.69, 9.17) is 9.47 Å². The third-order valence-corrected chi connectivity index (χ3v) is 5.06. The molecule has 0 rings (SSSR count). The molecular weight excluding hydrogens is 284 g/mol. The van der Waals surface area contributed by atoms with E-state index < -0.39 is 8.07 Å². The Morgan fingerprint density at radius 1 is 1.05 bits per heavy atom. The molecule has 4 nitrogen and oxygen atoms in total. The minimum absolute atomic E-state index is 0.233. The van der Waals surface area contributed by atoms with Crippen molar-refractivity contribution in [1.29, 1.82) is 0 Å². The van der Waals surface area contributed by atoms with Crippen LogP contribution in [0.15, 0.2) is 23.4 Å². The average molecular weight is 312 g/mol. The van der Waals surface area contributed by atoms with E-state index in [9.17, 15) is 9.59 Å². The van der Waals surface area contributed by atoms with Gasteiger partial charge in [0.15, 0.2) is 0 Å². The van der Waals surface area contributed by atoms with Gasteiger partial charge in [0, 0.05) is 13.8 Å². The zero-order valence-electron chi connectivity index (χ0n) is 14.0. The van der Waals surface area contributed by atoms with Gasteiger partial charge < -0.3 is 9.47 Å². The van der Waals surface area contributed by atoms with E-state index >= 15 is 0 Å². The predicted octanol–water partition coefficient (Wildman–Crippen LogP) is 3.64. The second-order valence-corrected chi connectivity index (χ2v) is 11.1. The highest BCUT2D eigenvalue weighted by atomic mass is 28.3. The summed E-state index contributed by atoms with van der Waals surface area (Å²) < 4.78 is 9.94. The Morgan fingerprint density at radius 3 is 2.10 bits per heavy atom. The molecule has 0 aromatic carbocycles. The molecule has 0 saturated heterocycles. The molecule has 0 bridgehead atoms. The number of carbonyl (C=O) groups excluding carboxylic acids is 2. The number of allylic oxidation sites excluding steroid dienone is 1. The van der Waals surface area contributed by atoms with Crippen molar-refractivity contribution in [2.75, 3.05) is 13.2 Å². The highest BCUT2D eigenvalue weighted by Crippen LogP contribution is 2.23. The third-order valence-electron chi connectivity index (χ3n) is 2.89. The van der Waals surface area contributed by atoms with E-state index in [0.717, 1.165) is 24.8 Å². The van der Waals surface area contributed by atoms with Gasteiger partial charge in [-0.1, -0.05) is 37.5 Å². The normalized spacial score (nSPS) is 12.0. The van der Waals surface area contributed by atoms with Gasteiger partial charge in [-0.15, -0.1) is 0 Å². The summed E-state index contributed by atoms with van der Waals surface area (Å²) in [5, 5.41) is 1.25. The molecule has 0 aliphatic carbocycles. The maximum atomic E-state index is 10.9. The molecule has 0 amide bonds. The fraction of sp³-hybridized carbons (Fsp3) is 0.625. The second-order valence-electron chi connectivity index (χ2n) is 6.09. The number of ether oxygens (including phenoxy) is 2. The lowest BCUT2D eigenvalue weighted by molar-refractivity contribution is -0.141. The third kappa shape index (κ3) is 10.1. The Kier molecular flexibility index (Phi) is 8.93. The quantitative estimate of drug-likeness (QED) is 0.282. The Balaban J connectivity index is 4.41. The van der Waals surface area contributed by atoms with Gasteiger partial charge in [-0.2, -0.15) is 0 Å². The SMILES string of the molecule is C=C(COC(C)=O)/C(=C/CCCCOC(C)=O)[Si](C)(C)C. The van der Waals surface area contributed by atoms with Crippen molar-refractivity contribution in [2.45, 2.75) is 52.8 Å². The largest absolute Gasteiger partial charge is 0.466 e. The Bertz CT molecular complexity index is 405. The fourth-order valence-corrected chi connectivity index (χ4v) is 3.85. The van der Waals surface area contributed by atoms with Gasteiger partial charge in [-0.05, 0) is 24.8 Å².